The van der Waals surface area contributed by atoms with Crippen molar-refractivity contribution in [3.05, 3.63) is 104 Å². The quantitative estimate of drug-likeness (QED) is 0.123. The molecule has 0 bridgehead atoms. The molecule has 59 heavy (non-hydrogen) atoms. The highest BCUT2D eigenvalue weighted by atomic mass is 35.5. The van der Waals surface area contributed by atoms with Gasteiger partial charge in [-0.2, -0.15) is 24.2 Å². The van der Waals surface area contributed by atoms with E-state index in [-0.39, 0.29) is 76.1 Å². The van der Waals surface area contributed by atoms with Gasteiger partial charge < -0.3 is 5.32 Å². The number of anilines is 1. The number of alkyl halides is 4. The summed E-state index contributed by atoms with van der Waals surface area (Å²) >= 11 is 6.68. The number of hydrogen-bond acceptors (Lipinski definition) is 9. The maximum atomic E-state index is 15.4. The van der Waals surface area contributed by atoms with Crippen molar-refractivity contribution in [2.75, 3.05) is 17.0 Å². The first-order chi connectivity index (χ1) is 27.8. The Hall–Kier alpha value is -5.58. The van der Waals surface area contributed by atoms with Crippen LogP contribution in [0.1, 0.15) is 58.7 Å². The lowest BCUT2D eigenvalue weighted by atomic mass is 10.0. The zero-order valence-electron chi connectivity index (χ0n) is 30.7. The fourth-order valence-corrected chi connectivity index (χ4v) is 10.2. The molecule has 1 unspecified atom stereocenters. The van der Waals surface area contributed by atoms with Crippen LogP contribution in [-0.2, 0) is 40.8 Å². The molecule has 8 rings (SSSR count). The summed E-state index contributed by atoms with van der Waals surface area (Å²) in [5.41, 5.74) is -3.14. The number of hydrogen-bond donors (Lipinski definition) is 1. The zero-order chi connectivity index (χ0) is 42.5. The average molecular weight is 877 g/mol. The molecule has 4 aromatic heterocycles. The number of halogens is 7. The van der Waals surface area contributed by atoms with Crippen LogP contribution in [0.3, 0.4) is 0 Å². The number of sulfonamides is 1. The van der Waals surface area contributed by atoms with Gasteiger partial charge in [-0.25, -0.2) is 40.0 Å². The molecule has 1 saturated carbocycles. The van der Waals surface area contributed by atoms with E-state index in [1.165, 1.54) is 29.9 Å². The third-order valence-electron chi connectivity index (χ3n) is 10.2. The SMILES string of the molecule is CPN(c1nn(C)c2c(-n3c([C@H](Cc4cc(F)cc(F)c4)NC(=O)Cn4nc(C(F)F)c5c4C(F)(F)[C@@H]4C[C@H]54)nc4ncc(C#N)cc4c3=O)ccc(Cl)c12)S(C)(=O)=O. The van der Waals surface area contributed by atoms with E-state index in [0.29, 0.717) is 10.7 Å². The molecular weight excluding hydrogens is 849 g/mol. The van der Waals surface area contributed by atoms with Crippen LogP contribution in [0, 0.1) is 28.9 Å². The molecule has 14 nitrogen and oxygen atoms in total. The van der Waals surface area contributed by atoms with Crippen LogP contribution in [0.5, 0.6) is 0 Å². The highest BCUT2D eigenvalue weighted by Crippen LogP contribution is 2.68. The Bertz CT molecular complexity index is 2970. The lowest BCUT2D eigenvalue weighted by molar-refractivity contribution is -0.123. The van der Waals surface area contributed by atoms with Crippen molar-refractivity contribution in [1.29, 1.82) is 5.26 Å². The van der Waals surface area contributed by atoms with Gasteiger partial charge in [0.2, 0.25) is 15.9 Å². The van der Waals surface area contributed by atoms with Gasteiger partial charge in [-0.3, -0.25) is 23.5 Å². The number of nitrogens with one attached hydrogen (secondary N) is 1. The summed E-state index contributed by atoms with van der Waals surface area (Å²) in [4.78, 5) is 37.5. The lowest BCUT2D eigenvalue weighted by Gasteiger charge is -2.24. The predicted octanol–water partition coefficient (Wildman–Crippen LogP) is 5.90. The summed E-state index contributed by atoms with van der Waals surface area (Å²) in [6.45, 7) is 0.586. The van der Waals surface area contributed by atoms with Crippen molar-refractivity contribution < 1.29 is 39.6 Å². The number of pyridine rings is 1. The third kappa shape index (κ3) is 6.76. The molecule has 1 amide bonds. The molecule has 0 saturated heterocycles. The fraction of sp³-hybridized carbons (Fsp3) is 0.306. The molecule has 23 heteroatoms. The van der Waals surface area contributed by atoms with Crippen molar-refractivity contribution >= 4 is 64.0 Å². The van der Waals surface area contributed by atoms with Gasteiger partial charge in [0.1, 0.15) is 41.5 Å². The van der Waals surface area contributed by atoms with E-state index in [9.17, 15) is 40.8 Å². The van der Waals surface area contributed by atoms with Crippen molar-refractivity contribution in [2.45, 2.75) is 43.7 Å². The monoisotopic (exact) mass is 876 g/mol. The Labute approximate surface area is 336 Å². The van der Waals surface area contributed by atoms with Crippen LogP contribution in [0.2, 0.25) is 5.02 Å². The Morgan fingerprint density at radius 2 is 1.88 bits per heavy atom. The molecular formula is C36H28ClF6N10O4PS. The molecule has 306 valence electrons. The van der Waals surface area contributed by atoms with Crippen molar-refractivity contribution in [3.63, 3.8) is 0 Å². The molecule has 1 fully saturated rings. The van der Waals surface area contributed by atoms with E-state index in [4.69, 9.17) is 11.6 Å². The summed E-state index contributed by atoms with van der Waals surface area (Å²) in [6.07, 6.45) is -1.63. The first kappa shape index (κ1) is 40.2. The van der Waals surface area contributed by atoms with Gasteiger partial charge in [0, 0.05) is 37.2 Å². The van der Waals surface area contributed by atoms with Gasteiger partial charge in [-0.05, 0) is 63.6 Å². The van der Waals surface area contributed by atoms with Gasteiger partial charge >= 0.3 is 0 Å². The van der Waals surface area contributed by atoms with Gasteiger partial charge in [-0.15, -0.1) is 0 Å². The number of carbonyl (C=O) groups is 1. The Balaban J connectivity index is 1.34. The summed E-state index contributed by atoms with van der Waals surface area (Å²) in [7, 11) is -2.82. The number of aryl methyl sites for hydroxylation is 1. The van der Waals surface area contributed by atoms with E-state index < -0.39 is 87.7 Å². The number of aromatic nitrogens is 7. The van der Waals surface area contributed by atoms with Crippen molar-refractivity contribution in [2.24, 2.45) is 13.0 Å². The van der Waals surface area contributed by atoms with E-state index in [2.05, 4.69) is 25.5 Å². The summed E-state index contributed by atoms with van der Waals surface area (Å²) < 4.78 is 118. The van der Waals surface area contributed by atoms with Gasteiger partial charge in [0.25, 0.3) is 17.9 Å². The first-order valence-electron chi connectivity index (χ1n) is 17.5. The average Bonchev–Trinajstić information content (AvgIpc) is 3.68. The molecule has 2 aromatic carbocycles. The number of benzene rings is 2. The molecule has 4 atom stereocenters. The molecule has 1 N–H and O–H groups in total. The lowest BCUT2D eigenvalue weighted by Crippen LogP contribution is -2.38. The highest BCUT2D eigenvalue weighted by molar-refractivity contribution is 7.97. The topological polar surface area (TPSA) is 174 Å². The number of fused-ring (bicyclic) bond motifs is 5. The third-order valence-corrected chi connectivity index (χ3v) is 13.5. The second-order valence-electron chi connectivity index (χ2n) is 14.1. The van der Waals surface area contributed by atoms with Crippen LogP contribution < -0.4 is 15.0 Å². The number of carbonyl (C=O) groups excluding carboxylic acids is 1. The molecule has 2 aliphatic rings. The fourth-order valence-electron chi connectivity index (χ4n) is 7.83. The van der Waals surface area contributed by atoms with E-state index in [1.807, 2.05) is 6.07 Å². The Kier molecular flexibility index (Phi) is 9.75. The summed E-state index contributed by atoms with van der Waals surface area (Å²) in [5.74, 6) is -9.12. The van der Waals surface area contributed by atoms with Crippen molar-refractivity contribution in [1.82, 2.24) is 39.4 Å². The van der Waals surface area contributed by atoms with Crippen LogP contribution in [0.15, 0.2) is 47.4 Å². The molecule has 0 aliphatic heterocycles. The zero-order valence-corrected chi connectivity index (χ0v) is 33.3. The standard InChI is InChI=1S/C36H28ClF6N10O4PS/c1-50-29-24(5-4-22(37)27(29)34(49-50)53(58-2)59(3,56)57)52-33(47-32-20(35(52)55)8-16(12-44)13-45-32)23(9-15-6-17(38)10-18(39)7-15)46-25(54)14-51-30-26(28(48-51)31(40)41)19-11-21(19)36(30,42)43/h4-8,10,13,19,21,23,31,58H,9,11,14H2,1-3H3,(H,46,54)/t19-,21+,23-/m0/s1. The predicted molar refractivity (Wildman–Crippen MR) is 204 cm³/mol. The van der Waals surface area contributed by atoms with Crippen LogP contribution in [-0.4, -0.2) is 61.3 Å². The number of amides is 1. The molecule has 2 aliphatic carbocycles. The largest absolute Gasteiger partial charge is 0.344 e. The minimum absolute atomic E-state index is 0.0137. The van der Waals surface area contributed by atoms with Crippen LogP contribution in [0.4, 0.5) is 32.2 Å². The normalized spacial score (nSPS) is 17.5. The van der Waals surface area contributed by atoms with Gasteiger partial charge in [0.05, 0.1) is 44.9 Å². The number of rotatable bonds is 11. The second-order valence-corrected chi connectivity index (χ2v) is 17.5. The van der Waals surface area contributed by atoms with Crippen LogP contribution in [0.25, 0.3) is 27.6 Å². The first-order valence-corrected chi connectivity index (χ1v) is 21.2. The van der Waals surface area contributed by atoms with E-state index >= 15 is 8.78 Å². The maximum Gasteiger partial charge on any atom is 0.293 e. The van der Waals surface area contributed by atoms with Gasteiger partial charge in [-0.1, -0.05) is 11.6 Å². The number of nitriles is 1. The molecule has 0 radical (unpaired) electrons. The second kappa shape index (κ2) is 14.3. The van der Waals surface area contributed by atoms with E-state index in [1.54, 1.807) is 6.66 Å². The van der Waals surface area contributed by atoms with E-state index in [0.717, 1.165) is 33.2 Å². The molecule has 6 aromatic rings. The Morgan fingerprint density at radius 1 is 1.17 bits per heavy atom. The van der Waals surface area contributed by atoms with Crippen LogP contribution >= 0.6 is 20.3 Å². The minimum atomic E-state index is -3.92. The maximum absolute atomic E-state index is 15.4. The summed E-state index contributed by atoms with van der Waals surface area (Å²) in [6, 6.07) is 6.77. The molecule has 4 heterocycles. The van der Waals surface area contributed by atoms with Crippen molar-refractivity contribution in [3.8, 4) is 11.8 Å². The molecule has 0 spiro atoms. The van der Waals surface area contributed by atoms with Gasteiger partial charge in [0.15, 0.2) is 11.5 Å². The Morgan fingerprint density at radius 3 is 2.53 bits per heavy atom. The summed E-state index contributed by atoms with van der Waals surface area (Å²) in [5, 5.41) is 20.3. The highest BCUT2D eigenvalue weighted by Gasteiger charge is 2.67. The smallest absolute Gasteiger partial charge is 0.293 e. The number of nitrogens with zero attached hydrogens (tertiary/aromatic N) is 9. The minimum Gasteiger partial charge on any atom is -0.344 e.